The van der Waals surface area contributed by atoms with Crippen molar-refractivity contribution in [2.45, 2.75) is 32.7 Å². The lowest BCUT2D eigenvalue weighted by molar-refractivity contribution is 0.0939. The molecular weight excluding hydrogens is 276 g/mol. The van der Waals surface area contributed by atoms with Crippen LogP contribution in [0.4, 0.5) is 5.95 Å². The topological polar surface area (TPSA) is 66.9 Å². The fraction of sp³-hybridized carbons (Fsp3) is 0.353. The van der Waals surface area contributed by atoms with Crippen LogP contribution < -0.4 is 10.6 Å². The molecule has 1 aromatic carbocycles. The van der Waals surface area contributed by atoms with Gasteiger partial charge in [-0.05, 0) is 18.9 Å². The molecule has 5 heteroatoms. The Morgan fingerprint density at radius 3 is 2.50 bits per heavy atom. The summed E-state index contributed by atoms with van der Waals surface area (Å²) in [6.45, 7) is 4.92. The second-order valence-electron chi connectivity index (χ2n) is 5.18. The lowest BCUT2D eigenvalue weighted by Gasteiger charge is -2.14. The number of hydrogen-bond donors (Lipinski definition) is 2. The number of carbonyl (C=O) groups is 1. The van der Waals surface area contributed by atoms with Crippen LogP contribution >= 0.6 is 0 Å². The Balaban J connectivity index is 1.92. The van der Waals surface area contributed by atoms with Gasteiger partial charge in [-0.2, -0.15) is 0 Å². The SMILES string of the molecule is CCCCNc1ncc(C(=O)NC(C)c2ccccc2)cn1. The second-order valence-corrected chi connectivity index (χ2v) is 5.18. The van der Waals surface area contributed by atoms with Crippen LogP contribution in [-0.4, -0.2) is 22.4 Å². The maximum Gasteiger partial charge on any atom is 0.254 e. The fourth-order valence-electron chi connectivity index (χ4n) is 2.02. The van der Waals surface area contributed by atoms with Gasteiger partial charge in [-0.1, -0.05) is 43.7 Å². The third-order valence-corrected chi connectivity index (χ3v) is 3.37. The molecule has 0 aliphatic carbocycles. The minimum atomic E-state index is -0.170. The number of carbonyl (C=O) groups excluding carboxylic acids is 1. The van der Waals surface area contributed by atoms with Crippen molar-refractivity contribution in [2.75, 3.05) is 11.9 Å². The summed E-state index contributed by atoms with van der Waals surface area (Å²) in [5.41, 5.74) is 1.53. The van der Waals surface area contributed by atoms with Gasteiger partial charge in [-0.25, -0.2) is 9.97 Å². The molecule has 0 fully saturated rings. The van der Waals surface area contributed by atoms with Crippen LogP contribution in [0.25, 0.3) is 0 Å². The molecule has 116 valence electrons. The average Bonchev–Trinajstić information content (AvgIpc) is 2.56. The van der Waals surface area contributed by atoms with E-state index in [1.54, 1.807) is 12.4 Å². The number of nitrogens with zero attached hydrogens (tertiary/aromatic N) is 2. The van der Waals surface area contributed by atoms with Crippen molar-refractivity contribution in [2.24, 2.45) is 0 Å². The molecule has 1 unspecified atom stereocenters. The molecule has 0 aliphatic heterocycles. The Labute approximate surface area is 131 Å². The molecule has 1 atom stereocenters. The van der Waals surface area contributed by atoms with E-state index in [1.165, 1.54) is 0 Å². The highest BCUT2D eigenvalue weighted by Crippen LogP contribution is 2.12. The molecule has 1 heterocycles. The Morgan fingerprint density at radius 2 is 1.86 bits per heavy atom. The highest BCUT2D eigenvalue weighted by Gasteiger charge is 2.12. The summed E-state index contributed by atoms with van der Waals surface area (Å²) >= 11 is 0. The molecule has 1 amide bonds. The Kier molecular flexibility index (Phi) is 5.89. The molecule has 5 nitrogen and oxygen atoms in total. The first-order chi connectivity index (χ1) is 10.7. The van der Waals surface area contributed by atoms with Crippen LogP contribution in [-0.2, 0) is 0 Å². The summed E-state index contributed by atoms with van der Waals surface area (Å²) in [6, 6.07) is 9.78. The molecule has 2 rings (SSSR count). The first kappa shape index (κ1) is 15.9. The molecule has 0 spiro atoms. The summed E-state index contributed by atoms with van der Waals surface area (Å²) < 4.78 is 0. The summed E-state index contributed by atoms with van der Waals surface area (Å²) in [6.07, 6.45) is 5.29. The van der Waals surface area contributed by atoms with E-state index in [2.05, 4.69) is 27.5 Å². The van der Waals surface area contributed by atoms with E-state index in [0.717, 1.165) is 24.9 Å². The van der Waals surface area contributed by atoms with Gasteiger partial charge >= 0.3 is 0 Å². The number of benzene rings is 1. The van der Waals surface area contributed by atoms with Crippen LogP contribution in [0.15, 0.2) is 42.7 Å². The van der Waals surface area contributed by atoms with Crippen molar-refractivity contribution < 1.29 is 4.79 Å². The number of nitrogens with one attached hydrogen (secondary N) is 2. The van der Waals surface area contributed by atoms with Crippen molar-refractivity contribution in [1.82, 2.24) is 15.3 Å². The summed E-state index contributed by atoms with van der Waals surface area (Å²) in [5.74, 6) is 0.387. The molecule has 2 aromatic rings. The van der Waals surface area contributed by atoms with Crippen molar-refractivity contribution in [1.29, 1.82) is 0 Å². The summed E-state index contributed by atoms with van der Waals surface area (Å²) in [5, 5.41) is 6.07. The van der Waals surface area contributed by atoms with Crippen LogP contribution in [0.2, 0.25) is 0 Å². The van der Waals surface area contributed by atoms with Crippen LogP contribution in [0.5, 0.6) is 0 Å². The second kappa shape index (κ2) is 8.12. The van der Waals surface area contributed by atoms with E-state index in [-0.39, 0.29) is 11.9 Å². The zero-order chi connectivity index (χ0) is 15.8. The van der Waals surface area contributed by atoms with E-state index in [4.69, 9.17) is 0 Å². The van der Waals surface area contributed by atoms with Gasteiger partial charge in [0.05, 0.1) is 11.6 Å². The molecule has 0 aliphatic rings. The largest absolute Gasteiger partial charge is 0.354 e. The Bertz CT molecular complexity index is 583. The monoisotopic (exact) mass is 298 g/mol. The number of unbranched alkanes of at least 4 members (excludes halogenated alkanes) is 1. The highest BCUT2D eigenvalue weighted by molar-refractivity contribution is 5.93. The predicted octanol–water partition coefficient (Wildman–Crippen LogP) is 3.18. The van der Waals surface area contributed by atoms with Gasteiger partial charge in [-0.15, -0.1) is 0 Å². The first-order valence-electron chi connectivity index (χ1n) is 7.62. The molecule has 0 saturated heterocycles. The van der Waals surface area contributed by atoms with Gasteiger partial charge in [0.2, 0.25) is 5.95 Å². The van der Waals surface area contributed by atoms with E-state index < -0.39 is 0 Å². The molecule has 0 bridgehead atoms. The number of anilines is 1. The van der Waals surface area contributed by atoms with Crippen LogP contribution in [0, 0.1) is 0 Å². The summed E-state index contributed by atoms with van der Waals surface area (Å²) in [4.78, 5) is 20.5. The van der Waals surface area contributed by atoms with Crippen molar-refractivity contribution >= 4 is 11.9 Å². The van der Waals surface area contributed by atoms with Gasteiger partial charge in [0.15, 0.2) is 0 Å². The fourth-order valence-corrected chi connectivity index (χ4v) is 2.02. The predicted molar refractivity (Wildman–Crippen MR) is 87.8 cm³/mol. The lowest BCUT2D eigenvalue weighted by Crippen LogP contribution is -2.26. The molecule has 0 radical (unpaired) electrons. The lowest BCUT2D eigenvalue weighted by atomic mass is 10.1. The number of hydrogen-bond acceptors (Lipinski definition) is 4. The van der Waals surface area contributed by atoms with E-state index >= 15 is 0 Å². The third kappa shape index (κ3) is 4.55. The standard InChI is InChI=1S/C17H22N4O/c1-3-4-10-18-17-19-11-15(12-20-17)16(22)21-13(2)14-8-6-5-7-9-14/h5-9,11-13H,3-4,10H2,1-2H3,(H,21,22)(H,18,19,20). The van der Waals surface area contributed by atoms with Crippen LogP contribution in [0.1, 0.15) is 48.7 Å². The first-order valence-corrected chi connectivity index (χ1v) is 7.62. The number of aromatic nitrogens is 2. The molecule has 22 heavy (non-hydrogen) atoms. The zero-order valence-corrected chi connectivity index (χ0v) is 13.0. The number of amides is 1. The molecule has 2 N–H and O–H groups in total. The van der Waals surface area contributed by atoms with Crippen LogP contribution in [0.3, 0.4) is 0 Å². The highest BCUT2D eigenvalue weighted by atomic mass is 16.1. The van der Waals surface area contributed by atoms with E-state index in [9.17, 15) is 4.79 Å². The van der Waals surface area contributed by atoms with Gasteiger partial charge in [0.25, 0.3) is 5.91 Å². The molecule has 0 saturated carbocycles. The van der Waals surface area contributed by atoms with Crippen molar-refractivity contribution in [3.05, 3.63) is 53.9 Å². The minimum absolute atomic E-state index is 0.0592. The summed E-state index contributed by atoms with van der Waals surface area (Å²) in [7, 11) is 0. The zero-order valence-electron chi connectivity index (χ0n) is 13.0. The maximum absolute atomic E-state index is 12.2. The molecular formula is C17H22N4O. The van der Waals surface area contributed by atoms with Gasteiger partial charge in [-0.3, -0.25) is 4.79 Å². The van der Waals surface area contributed by atoms with E-state index in [1.807, 2.05) is 37.3 Å². The Hall–Kier alpha value is -2.43. The smallest absolute Gasteiger partial charge is 0.254 e. The maximum atomic E-state index is 12.2. The van der Waals surface area contributed by atoms with E-state index in [0.29, 0.717) is 11.5 Å². The van der Waals surface area contributed by atoms with Crippen molar-refractivity contribution in [3.8, 4) is 0 Å². The molecule has 1 aromatic heterocycles. The quantitative estimate of drug-likeness (QED) is 0.770. The van der Waals surface area contributed by atoms with Gasteiger partial charge < -0.3 is 10.6 Å². The van der Waals surface area contributed by atoms with Crippen molar-refractivity contribution in [3.63, 3.8) is 0 Å². The third-order valence-electron chi connectivity index (χ3n) is 3.37. The Morgan fingerprint density at radius 1 is 1.18 bits per heavy atom. The average molecular weight is 298 g/mol. The minimum Gasteiger partial charge on any atom is -0.354 e. The normalized spacial score (nSPS) is 11.7. The van der Waals surface area contributed by atoms with Gasteiger partial charge in [0, 0.05) is 18.9 Å². The number of rotatable bonds is 7. The van der Waals surface area contributed by atoms with Gasteiger partial charge in [0.1, 0.15) is 0 Å².